The van der Waals surface area contributed by atoms with E-state index in [4.69, 9.17) is 4.74 Å². The van der Waals surface area contributed by atoms with Crippen LogP contribution < -0.4 is 20.3 Å². The Hall–Kier alpha value is -2.36. The van der Waals surface area contributed by atoms with Crippen molar-refractivity contribution in [3.05, 3.63) is 66.6 Å². The van der Waals surface area contributed by atoms with Crippen molar-refractivity contribution in [2.24, 2.45) is 4.99 Å². The maximum absolute atomic E-state index is 14.0. The molecular formula is C21H27FIN5O. The first-order valence-corrected chi connectivity index (χ1v) is 9.35. The van der Waals surface area contributed by atoms with Crippen molar-refractivity contribution in [3.8, 4) is 5.75 Å². The highest BCUT2D eigenvalue weighted by atomic mass is 127. The lowest BCUT2D eigenvalue weighted by Gasteiger charge is -2.20. The number of pyridine rings is 1. The van der Waals surface area contributed by atoms with Crippen LogP contribution >= 0.6 is 24.0 Å². The van der Waals surface area contributed by atoms with Gasteiger partial charge in [0.1, 0.15) is 12.4 Å². The van der Waals surface area contributed by atoms with Crippen LogP contribution in [0.5, 0.6) is 5.75 Å². The van der Waals surface area contributed by atoms with Crippen LogP contribution in [0.2, 0.25) is 0 Å². The molecule has 2 heterocycles. The minimum Gasteiger partial charge on any atom is -0.489 e. The molecule has 2 aromatic rings. The van der Waals surface area contributed by atoms with Crippen molar-refractivity contribution in [2.45, 2.75) is 19.0 Å². The predicted molar refractivity (Wildman–Crippen MR) is 126 cm³/mol. The Morgan fingerprint density at radius 2 is 2.21 bits per heavy atom. The van der Waals surface area contributed by atoms with E-state index >= 15 is 0 Å². The third-order valence-electron chi connectivity index (χ3n) is 4.57. The van der Waals surface area contributed by atoms with E-state index in [0.717, 1.165) is 24.3 Å². The molecule has 0 saturated carbocycles. The molecule has 3 rings (SSSR count). The van der Waals surface area contributed by atoms with Crippen molar-refractivity contribution >= 4 is 35.8 Å². The van der Waals surface area contributed by atoms with E-state index in [1.54, 1.807) is 25.4 Å². The Morgan fingerprint density at radius 3 is 2.97 bits per heavy atom. The lowest BCUT2D eigenvalue weighted by Crippen LogP contribution is -2.44. The average molecular weight is 511 g/mol. The Balaban J connectivity index is 0.00000300. The zero-order valence-electron chi connectivity index (χ0n) is 16.5. The van der Waals surface area contributed by atoms with Crippen LogP contribution in [-0.4, -0.2) is 43.7 Å². The highest BCUT2D eigenvalue weighted by Gasteiger charge is 2.25. The molecule has 1 aromatic carbocycles. The van der Waals surface area contributed by atoms with E-state index in [1.807, 2.05) is 29.2 Å². The molecule has 6 nitrogen and oxygen atoms in total. The Kier molecular flexibility index (Phi) is 9.17. The number of nitrogens with one attached hydrogen (secondary N) is 2. The summed E-state index contributed by atoms with van der Waals surface area (Å²) >= 11 is 0. The Labute approximate surface area is 188 Å². The summed E-state index contributed by atoms with van der Waals surface area (Å²) in [6.07, 6.45) is 4.22. The first-order chi connectivity index (χ1) is 13.7. The Bertz CT molecular complexity index is 832. The van der Waals surface area contributed by atoms with Gasteiger partial charge in [0, 0.05) is 44.5 Å². The summed E-state index contributed by atoms with van der Waals surface area (Å²) in [6, 6.07) is 11.1. The summed E-state index contributed by atoms with van der Waals surface area (Å²) in [5.41, 5.74) is 1.04. The fraction of sp³-hybridized carbons (Fsp3) is 0.333. The summed E-state index contributed by atoms with van der Waals surface area (Å²) in [7, 11) is 1.74. The number of ether oxygens (including phenoxy) is 1. The second-order valence-corrected chi connectivity index (χ2v) is 6.52. The van der Waals surface area contributed by atoms with Gasteiger partial charge in [-0.25, -0.2) is 9.37 Å². The number of aliphatic imine (C=N–C) groups is 1. The van der Waals surface area contributed by atoms with E-state index in [-0.39, 0.29) is 35.8 Å². The fourth-order valence-electron chi connectivity index (χ4n) is 3.19. The molecule has 1 saturated heterocycles. The van der Waals surface area contributed by atoms with Gasteiger partial charge in [-0.3, -0.25) is 4.99 Å². The van der Waals surface area contributed by atoms with Crippen molar-refractivity contribution in [3.63, 3.8) is 0 Å². The zero-order chi connectivity index (χ0) is 19.8. The highest BCUT2D eigenvalue weighted by molar-refractivity contribution is 14.0. The van der Waals surface area contributed by atoms with Gasteiger partial charge in [0.15, 0.2) is 17.6 Å². The first-order valence-electron chi connectivity index (χ1n) is 9.35. The van der Waals surface area contributed by atoms with Gasteiger partial charge in [-0.15, -0.1) is 24.0 Å². The Morgan fingerprint density at radius 1 is 1.38 bits per heavy atom. The number of anilines is 1. The molecule has 0 bridgehead atoms. The number of halogens is 2. The monoisotopic (exact) mass is 511 g/mol. The van der Waals surface area contributed by atoms with Gasteiger partial charge in [-0.05, 0) is 24.6 Å². The van der Waals surface area contributed by atoms with Gasteiger partial charge < -0.3 is 20.3 Å². The fourth-order valence-corrected chi connectivity index (χ4v) is 3.19. The van der Waals surface area contributed by atoms with Gasteiger partial charge in [0.05, 0.1) is 0 Å². The topological polar surface area (TPSA) is 61.8 Å². The average Bonchev–Trinajstić information content (AvgIpc) is 3.18. The molecule has 1 aliphatic rings. The van der Waals surface area contributed by atoms with Gasteiger partial charge in [-0.2, -0.15) is 0 Å². The number of hydrogen-bond acceptors (Lipinski definition) is 4. The maximum Gasteiger partial charge on any atom is 0.191 e. The molecule has 1 atom stereocenters. The van der Waals surface area contributed by atoms with E-state index in [0.29, 0.717) is 31.5 Å². The van der Waals surface area contributed by atoms with E-state index in [2.05, 4.69) is 27.2 Å². The quantitative estimate of drug-likeness (QED) is 0.259. The molecule has 156 valence electrons. The highest BCUT2D eigenvalue weighted by Crippen LogP contribution is 2.21. The van der Waals surface area contributed by atoms with Crippen LogP contribution in [-0.2, 0) is 6.54 Å². The molecule has 0 spiro atoms. The van der Waals surface area contributed by atoms with E-state index < -0.39 is 0 Å². The summed E-state index contributed by atoms with van der Waals surface area (Å²) in [6.45, 7) is 6.15. The van der Waals surface area contributed by atoms with Crippen LogP contribution in [0.25, 0.3) is 0 Å². The number of para-hydroxylation sites is 1. The second-order valence-electron chi connectivity index (χ2n) is 6.52. The minimum atomic E-state index is -0.290. The van der Waals surface area contributed by atoms with Crippen LogP contribution in [0.1, 0.15) is 12.0 Å². The molecule has 0 amide bonds. The van der Waals surface area contributed by atoms with Gasteiger partial charge in [0.25, 0.3) is 0 Å². The molecule has 1 unspecified atom stereocenters. The standard InChI is InChI=1S/C21H26FN5O.HI/c1-3-13-28-19-9-5-4-7-16(19)14-25-21(23-2)26-17-10-12-27(15-17)20-18(22)8-6-11-24-20;/h3-9,11,17H,1,10,12-15H2,2H3,(H2,23,25,26);1H. The first kappa shape index (κ1) is 22.9. The molecule has 1 fully saturated rings. The third-order valence-corrected chi connectivity index (χ3v) is 4.57. The van der Waals surface area contributed by atoms with Gasteiger partial charge in [0.2, 0.25) is 0 Å². The lowest BCUT2D eigenvalue weighted by atomic mass is 10.2. The van der Waals surface area contributed by atoms with Gasteiger partial charge in [-0.1, -0.05) is 30.9 Å². The number of rotatable bonds is 7. The molecule has 0 radical (unpaired) electrons. The zero-order valence-corrected chi connectivity index (χ0v) is 18.8. The van der Waals surface area contributed by atoms with E-state index in [9.17, 15) is 4.39 Å². The molecule has 1 aliphatic heterocycles. The van der Waals surface area contributed by atoms with Crippen molar-refractivity contribution < 1.29 is 9.13 Å². The normalized spacial score (nSPS) is 16.1. The van der Waals surface area contributed by atoms with Crippen LogP contribution in [0.15, 0.2) is 60.2 Å². The molecule has 2 N–H and O–H groups in total. The number of aromatic nitrogens is 1. The predicted octanol–water partition coefficient (Wildman–Crippen LogP) is 3.35. The number of hydrogen-bond donors (Lipinski definition) is 2. The molecule has 29 heavy (non-hydrogen) atoms. The second kappa shape index (κ2) is 11.6. The molecule has 1 aromatic heterocycles. The summed E-state index contributed by atoms with van der Waals surface area (Å²) < 4.78 is 19.6. The molecular weight excluding hydrogens is 484 g/mol. The van der Waals surface area contributed by atoms with Gasteiger partial charge >= 0.3 is 0 Å². The van der Waals surface area contributed by atoms with Crippen molar-refractivity contribution in [2.75, 3.05) is 31.6 Å². The van der Waals surface area contributed by atoms with Crippen molar-refractivity contribution in [1.29, 1.82) is 0 Å². The number of nitrogens with zero attached hydrogens (tertiary/aromatic N) is 3. The maximum atomic E-state index is 14.0. The van der Waals surface area contributed by atoms with Crippen LogP contribution in [0.3, 0.4) is 0 Å². The van der Waals surface area contributed by atoms with E-state index in [1.165, 1.54) is 6.07 Å². The number of guanidine groups is 1. The van der Waals surface area contributed by atoms with Crippen LogP contribution in [0, 0.1) is 5.82 Å². The summed E-state index contributed by atoms with van der Waals surface area (Å²) in [5.74, 6) is 1.64. The van der Waals surface area contributed by atoms with Crippen molar-refractivity contribution in [1.82, 2.24) is 15.6 Å². The van der Waals surface area contributed by atoms with Crippen LogP contribution in [0.4, 0.5) is 10.2 Å². The largest absolute Gasteiger partial charge is 0.489 e. The molecule has 0 aliphatic carbocycles. The summed E-state index contributed by atoms with van der Waals surface area (Å²) in [4.78, 5) is 10.4. The smallest absolute Gasteiger partial charge is 0.191 e. The minimum absolute atomic E-state index is 0. The lowest BCUT2D eigenvalue weighted by molar-refractivity contribution is 0.358. The summed E-state index contributed by atoms with van der Waals surface area (Å²) in [5, 5.41) is 6.73. The third kappa shape index (κ3) is 6.31. The molecule has 8 heteroatoms. The SMILES string of the molecule is C=CCOc1ccccc1CNC(=NC)NC1CCN(c2ncccc2F)C1.I. The number of benzene rings is 1.